The third-order valence-corrected chi connectivity index (χ3v) is 3.14. The number of carbonyl (C=O) groups is 1. The molecule has 0 aliphatic carbocycles. The Morgan fingerprint density at radius 1 is 1.35 bits per heavy atom. The van der Waals surface area contributed by atoms with Crippen LogP contribution in [0.3, 0.4) is 0 Å². The molecule has 0 spiro atoms. The molecule has 0 aliphatic heterocycles. The molecule has 2 rings (SSSR count). The molecule has 0 fully saturated rings. The molecular weight excluding hydrogens is 298 g/mol. The minimum Gasteiger partial charge on any atom is -0.500 e. The summed E-state index contributed by atoms with van der Waals surface area (Å²) in [6, 6.07) is 5.49. The van der Waals surface area contributed by atoms with Gasteiger partial charge >= 0.3 is 5.97 Å². The van der Waals surface area contributed by atoms with E-state index in [2.05, 4.69) is 14.9 Å². The lowest BCUT2D eigenvalue weighted by Crippen LogP contribution is -2.12. The maximum atomic E-state index is 11.7. The number of aromatic nitrogens is 3. The number of hydrogen-bond acceptors (Lipinski definition) is 6. The van der Waals surface area contributed by atoms with Crippen LogP contribution in [0.1, 0.15) is 18.2 Å². The number of esters is 1. The van der Waals surface area contributed by atoms with Crippen molar-refractivity contribution in [1.29, 1.82) is 0 Å². The van der Waals surface area contributed by atoms with Crippen LogP contribution in [-0.4, -0.2) is 35.2 Å². The van der Waals surface area contributed by atoms with Gasteiger partial charge in [0.2, 0.25) is 5.76 Å². The highest BCUT2D eigenvalue weighted by Crippen LogP contribution is 2.23. The second kappa shape index (κ2) is 7.44. The zero-order valence-electron chi connectivity index (χ0n) is 13.6. The number of aryl methyl sites for hydroxylation is 2. The van der Waals surface area contributed by atoms with Crippen LogP contribution >= 0.6 is 0 Å². The average Bonchev–Trinajstić information content (AvgIpc) is 3.04. The van der Waals surface area contributed by atoms with Gasteiger partial charge in [0.1, 0.15) is 12.0 Å². The molecule has 2 aromatic rings. The van der Waals surface area contributed by atoms with Crippen LogP contribution in [0.15, 0.2) is 36.4 Å². The van der Waals surface area contributed by atoms with Crippen LogP contribution in [0.5, 0.6) is 5.75 Å². The molecule has 1 heterocycles. The van der Waals surface area contributed by atoms with Crippen molar-refractivity contribution in [2.75, 3.05) is 14.2 Å². The van der Waals surface area contributed by atoms with E-state index in [1.807, 2.05) is 26.0 Å². The number of benzene rings is 1. The summed E-state index contributed by atoms with van der Waals surface area (Å²) < 4.78 is 15.1. The van der Waals surface area contributed by atoms with Gasteiger partial charge in [-0.3, -0.25) is 0 Å². The Labute approximate surface area is 134 Å². The van der Waals surface area contributed by atoms with Crippen LogP contribution in [0.25, 0.3) is 5.69 Å². The quantitative estimate of drug-likeness (QED) is 0.462. The summed E-state index contributed by atoms with van der Waals surface area (Å²) in [6.07, 6.45) is 3.71. The van der Waals surface area contributed by atoms with Crippen LogP contribution < -0.4 is 4.74 Å². The first-order chi connectivity index (χ1) is 11.1. The number of carbonyl (C=O) groups excluding carboxylic acids is 1. The molecule has 0 unspecified atom stereocenters. The van der Waals surface area contributed by atoms with Crippen molar-refractivity contribution >= 4 is 5.97 Å². The van der Waals surface area contributed by atoms with Crippen LogP contribution in [0.4, 0.5) is 0 Å². The second-order valence-electron chi connectivity index (χ2n) is 4.74. The molecule has 0 radical (unpaired) electrons. The highest BCUT2D eigenvalue weighted by atomic mass is 16.6. The monoisotopic (exact) mass is 317 g/mol. The van der Waals surface area contributed by atoms with E-state index < -0.39 is 5.97 Å². The van der Waals surface area contributed by atoms with Crippen molar-refractivity contribution in [3.63, 3.8) is 0 Å². The lowest BCUT2D eigenvalue weighted by atomic mass is 10.2. The largest absolute Gasteiger partial charge is 0.500 e. The summed E-state index contributed by atoms with van der Waals surface area (Å²) in [6.45, 7) is 3.88. The van der Waals surface area contributed by atoms with E-state index in [-0.39, 0.29) is 5.76 Å². The van der Waals surface area contributed by atoms with Crippen LogP contribution in [-0.2, 0) is 20.7 Å². The van der Waals surface area contributed by atoms with Gasteiger partial charge in [-0.2, -0.15) is 15.0 Å². The van der Waals surface area contributed by atoms with Gasteiger partial charge in [-0.05, 0) is 25.0 Å². The fraction of sp³-hybridized carbons (Fsp3) is 0.312. The SMILES string of the molecule is CCc1cnn(-c2ccc(C)c(O/C(=C\OC)C(=O)OC)c2)n1. The summed E-state index contributed by atoms with van der Waals surface area (Å²) >= 11 is 0. The third kappa shape index (κ3) is 3.88. The topological polar surface area (TPSA) is 75.5 Å². The fourth-order valence-electron chi connectivity index (χ4n) is 1.84. The molecule has 7 heteroatoms. The minimum absolute atomic E-state index is 0.0436. The highest BCUT2D eigenvalue weighted by Gasteiger charge is 2.15. The maximum Gasteiger partial charge on any atom is 0.377 e. The third-order valence-electron chi connectivity index (χ3n) is 3.14. The van der Waals surface area contributed by atoms with E-state index in [1.165, 1.54) is 25.3 Å². The minimum atomic E-state index is -0.623. The lowest BCUT2D eigenvalue weighted by molar-refractivity contribution is -0.138. The Hall–Kier alpha value is -2.83. The fourth-order valence-corrected chi connectivity index (χ4v) is 1.84. The molecule has 1 aromatic heterocycles. The number of nitrogens with zero attached hydrogens (tertiary/aromatic N) is 3. The molecule has 0 atom stereocenters. The molecule has 0 aliphatic rings. The molecule has 0 bridgehead atoms. The first-order valence-corrected chi connectivity index (χ1v) is 7.10. The summed E-state index contributed by atoms with van der Waals surface area (Å²) in [4.78, 5) is 13.2. The number of ether oxygens (including phenoxy) is 3. The predicted molar refractivity (Wildman–Crippen MR) is 83.2 cm³/mol. The molecule has 1 aromatic carbocycles. The number of hydrogen-bond donors (Lipinski definition) is 0. The van der Waals surface area contributed by atoms with Gasteiger partial charge < -0.3 is 14.2 Å². The standard InChI is InChI=1S/C16H19N3O4/c1-5-12-9-17-19(18-12)13-7-6-11(2)14(8-13)23-15(10-21-3)16(20)22-4/h6-10H,5H2,1-4H3/b15-10-. The molecule has 122 valence electrons. The van der Waals surface area contributed by atoms with Gasteiger partial charge in [-0.15, -0.1) is 0 Å². The van der Waals surface area contributed by atoms with Gasteiger partial charge in [-0.1, -0.05) is 13.0 Å². The van der Waals surface area contributed by atoms with Crippen LogP contribution in [0, 0.1) is 6.92 Å². The van der Waals surface area contributed by atoms with E-state index in [9.17, 15) is 4.79 Å². The summed E-state index contributed by atoms with van der Waals surface area (Å²) in [7, 11) is 2.70. The molecule has 0 N–H and O–H groups in total. The van der Waals surface area contributed by atoms with Crippen molar-refractivity contribution < 1.29 is 19.0 Å². The predicted octanol–water partition coefficient (Wildman–Crippen LogP) is 2.18. The highest BCUT2D eigenvalue weighted by molar-refractivity contribution is 5.86. The second-order valence-corrected chi connectivity index (χ2v) is 4.74. The maximum absolute atomic E-state index is 11.7. The first kappa shape index (κ1) is 16.5. The Bertz CT molecular complexity index is 722. The number of methoxy groups -OCH3 is 2. The van der Waals surface area contributed by atoms with E-state index in [4.69, 9.17) is 9.47 Å². The van der Waals surface area contributed by atoms with Gasteiger partial charge in [-0.25, -0.2) is 4.79 Å². The zero-order chi connectivity index (χ0) is 16.8. The van der Waals surface area contributed by atoms with Gasteiger partial charge in [0.25, 0.3) is 0 Å². The van der Waals surface area contributed by atoms with Crippen molar-refractivity contribution in [3.05, 3.63) is 47.7 Å². The summed E-state index contributed by atoms with van der Waals surface area (Å²) in [5.41, 5.74) is 2.47. The Balaban J connectivity index is 2.33. The van der Waals surface area contributed by atoms with Crippen molar-refractivity contribution in [2.24, 2.45) is 0 Å². The Morgan fingerprint density at radius 3 is 2.74 bits per heavy atom. The van der Waals surface area contributed by atoms with Gasteiger partial charge in [0.15, 0.2) is 0 Å². The molecule has 0 amide bonds. The molecule has 0 saturated heterocycles. The molecule has 0 saturated carbocycles. The first-order valence-electron chi connectivity index (χ1n) is 7.10. The van der Waals surface area contributed by atoms with Crippen molar-refractivity contribution in [3.8, 4) is 11.4 Å². The summed E-state index contributed by atoms with van der Waals surface area (Å²) in [5.74, 6) is -0.174. The normalized spacial score (nSPS) is 11.2. The zero-order valence-corrected chi connectivity index (χ0v) is 13.6. The molecule has 23 heavy (non-hydrogen) atoms. The van der Waals surface area contributed by atoms with Gasteiger partial charge in [0, 0.05) is 6.07 Å². The van der Waals surface area contributed by atoms with E-state index >= 15 is 0 Å². The smallest absolute Gasteiger partial charge is 0.377 e. The Morgan fingerprint density at radius 2 is 2.13 bits per heavy atom. The lowest BCUT2D eigenvalue weighted by Gasteiger charge is -2.11. The van der Waals surface area contributed by atoms with Gasteiger partial charge in [0.05, 0.1) is 31.8 Å². The number of rotatable bonds is 6. The van der Waals surface area contributed by atoms with E-state index in [0.29, 0.717) is 5.75 Å². The average molecular weight is 317 g/mol. The Kier molecular flexibility index (Phi) is 5.35. The van der Waals surface area contributed by atoms with Crippen molar-refractivity contribution in [1.82, 2.24) is 15.0 Å². The van der Waals surface area contributed by atoms with E-state index in [0.717, 1.165) is 23.4 Å². The molecular formula is C16H19N3O4. The molecule has 7 nitrogen and oxygen atoms in total. The van der Waals surface area contributed by atoms with Crippen LogP contribution in [0.2, 0.25) is 0 Å². The van der Waals surface area contributed by atoms with E-state index in [1.54, 1.807) is 12.3 Å². The summed E-state index contributed by atoms with van der Waals surface area (Å²) in [5, 5.41) is 8.57. The van der Waals surface area contributed by atoms with Crippen molar-refractivity contribution in [2.45, 2.75) is 20.3 Å².